The number of ether oxygens (including phenoxy) is 1. The molecule has 0 saturated carbocycles. The zero-order valence-electron chi connectivity index (χ0n) is 10.0. The molecule has 1 aromatic carbocycles. The highest BCUT2D eigenvalue weighted by Gasteiger charge is 2.26. The van der Waals surface area contributed by atoms with Gasteiger partial charge in [-0.3, -0.25) is 0 Å². The molecule has 2 N–H and O–H groups in total. The Bertz CT molecular complexity index is 510. The highest BCUT2D eigenvalue weighted by molar-refractivity contribution is 7.86. The first-order valence-corrected chi connectivity index (χ1v) is 6.70. The van der Waals surface area contributed by atoms with E-state index < -0.39 is 27.9 Å². The molecule has 0 aliphatic rings. The van der Waals surface area contributed by atoms with E-state index in [4.69, 9.17) is 9.84 Å². The molecular formula is C11H15O6S-. The van der Waals surface area contributed by atoms with Crippen molar-refractivity contribution in [3.63, 3.8) is 0 Å². The van der Waals surface area contributed by atoms with Gasteiger partial charge < -0.3 is 19.5 Å². The van der Waals surface area contributed by atoms with Gasteiger partial charge in [0.15, 0.2) is 11.5 Å². The number of rotatable bonds is 5. The van der Waals surface area contributed by atoms with Crippen LogP contribution in [0.1, 0.15) is 17.7 Å². The topological polar surface area (TPSA) is 107 Å². The summed E-state index contributed by atoms with van der Waals surface area (Å²) in [5, 5.41) is 17.1. The summed E-state index contributed by atoms with van der Waals surface area (Å²) in [5.41, 5.74) is 0.182. The third-order valence-electron chi connectivity index (χ3n) is 2.65. The highest BCUT2D eigenvalue weighted by Crippen LogP contribution is 2.35. The lowest BCUT2D eigenvalue weighted by Crippen LogP contribution is -2.22. The average molecular weight is 275 g/mol. The van der Waals surface area contributed by atoms with Crippen LogP contribution in [0, 0.1) is 5.92 Å². The monoisotopic (exact) mass is 275 g/mol. The molecule has 6 nitrogen and oxygen atoms in total. The molecule has 0 bridgehead atoms. The van der Waals surface area contributed by atoms with Crippen LogP contribution in [-0.2, 0) is 10.1 Å². The Balaban J connectivity index is 3.30. The van der Waals surface area contributed by atoms with Gasteiger partial charge >= 0.3 is 0 Å². The van der Waals surface area contributed by atoms with Crippen LogP contribution in [0.4, 0.5) is 0 Å². The van der Waals surface area contributed by atoms with Crippen LogP contribution in [0.2, 0.25) is 0 Å². The van der Waals surface area contributed by atoms with E-state index in [0.717, 1.165) is 0 Å². The molecule has 0 aromatic heterocycles. The normalized spacial score (nSPS) is 15.1. The van der Waals surface area contributed by atoms with Crippen molar-refractivity contribution < 1.29 is 27.9 Å². The van der Waals surface area contributed by atoms with Crippen molar-refractivity contribution in [3.8, 4) is 11.5 Å². The molecule has 0 heterocycles. The molecule has 0 saturated heterocycles. The minimum absolute atomic E-state index is 0.0753. The van der Waals surface area contributed by atoms with Crippen molar-refractivity contribution in [3.05, 3.63) is 23.8 Å². The lowest BCUT2D eigenvalue weighted by atomic mass is 10.0. The Kier molecular flexibility index (Phi) is 4.55. The minimum Gasteiger partial charge on any atom is -0.747 e. The fourth-order valence-electron chi connectivity index (χ4n) is 1.75. The van der Waals surface area contributed by atoms with Crippen LogP contribution < -0.4 is 4.74 Å². The maximum absolute atomic E-state index is 11.2. The van der Waals surface area contributed by atoms with Crippen molar-refractivity contribution in [2.24, 2.45) is 5.92 Å². The van der Waals surface area contributed by atoms with Crippen LogP contribution >= 0.6 is 0 Å². The largest absolute Gasteiger partial charge is 0.747 e. The summed E-state index contributed by atoms with van der Waals surface area (Å²) in [7, 11) is -3.30. The van der Waals surface area contributed by atoms with Crippen molar-refractivity contribution in [2.45, 2.75) is 12.2 Å². The molecular weight excluding hydrogens is 260 g/mol. The first-order valence-electron chi connectivity index (χ1n) is 5.23. The number of hydrogen-bond acceptors (Lipinski definition) is 6. The van der Waals surface area contributed by atoms with E-state index in [9.17, 15) is 18.1 Å². The Morgan fingerprint density at radius 3 is 2.50 bits per heavy atom. The maximum atomic E-state index is 11.2. The number of aliphatic hydroxyl groups is 1. The third kappa shape index (κ3) is 3.12. The molecule has 7 heteroatoms. The average Bonchev–Trinajstić information content (AvgIpc) is 2.29. The fraction of sp³-hybridized carbons (Fsp3) is 0.455. The standard InChI is InChI=1S/C11H16O6S/c1-7(6-12)11(18(14,15)16)8-3-4-9(13)10(5-8)17-2/h3-5,7,11-13H,6H2,1-2H3,(H,14,15,16)/p-1. The summed E-state index contributed by atoms with van der Waals surface area (Å²) in [6.45, 7) is 1.02. The number of methoxy groups -OCH3 is 1. The van der Waals surface area contributed by atoms with E-state index in [1.54, 1.807) is 0 Å². The first-order chi connectivity index (χ1) is 8.31. The molecule has 1 aromatic rings. The number of aliphatic hydroxyl groups excluding tert-OH is 1. The molecule has 2 unspecified atom stereocenters. The second-order valence-electron chi connectivity index (χ2n) is 4.00. The molecule has 0 spiro atoms. The van der Waals surface area contributed by atoms with Crippen LogP contribution in [0.25, 0.3) is 0 Å². The minimum atomic E-state index is -4.61. The first kappa shape index (κ1) is 14.7. The van der Waals surface area contributed by atoms with Crippen molar-refractivity contribution >= 4 is 10.1 Å². The van der Waals surface area contributed by atoms with Crippen LogP contribution in [0.5, 0.6) is 11.5 Å². The quantitative estimate of drug-likeness (QED) is 0.763. The van der Waals surface area contributed by atoms with E-state index in [2.05, 4.69) is 0 Å². The summed E-state index contributed by atoms with van der Waals surface area (Å²) in [5.74, 6) is -0.826. The highest BCUT2D eigenvalue weighted by atomic mass is 32.2. The van der Waals surface area contributed by atoms with Gasteiger partial charge in [-0.1, -0.05) is 13.0 Å². The van der Waals surface area contributed by atoms with Gasteiger partial charge in [0.1, 0.15) is 10.1 Å². The molecule has 0 aliphatic carbocycles. The zero-order chi connectivity index (χ0) is 13.9. The number of phenolic OH excluding ortho intramolecular Hbond substituents is 1. The van der Waals surface area contributed by atoms with Gasteiger partial charge in [0.25, 0.3) is 0 Å². The van der Waals surface area contributed by atoms with Gasteiger partial charge in [0.05, 0.1) is 12.4 Å². The zero-order valence-corrected chi connectivity index (χ0v) is 10.8. The van der Waals surface area contributed by atoms with Gasteiger partial charge in [-0.15, -0.1) is 0 Å². The molecule has 2 atom stereocenters. The van der Waals surface area contributed by atoms with Gasteiger partial charge in [-0.2, -0.15) is 0 Å². The van der Waals surface area contributed by atoms with Crippen molar-refractivity contribution in [1.82, 2.24) is 0 Å². The molecule has 0 fully saturated rings. The lowest BCUT2D eigenvalue weighted by Gasteiger charge is -2.26. The van der Waals surface area contributed by atoms with E-state index in [1.165, 1.54) is 32.2 Å². The Labute approximate surface area is 106 Å². The van der Waals surface area contributed by atoms with Crippen LogP contribution in [0.15, 0.2) is 18.2 Å². The van der Waals surface area contributed by atoms with Crippen molar-refractivity contribution in [1.29, 1.82) is 0 Å². The van der Waals surface area contributed by atoms with E-state index in [0.29, 0.717) is 0 Å². The number of hydrogen-bond donors (Lipinski definition) is 2. The number of aromatic hydroxyl groups is 1. The third-order valence-corrected chi connectivity index (χ3v) is 4.01. The fourth-order valence-corrected chi connectivity index (χ4v) is 2.88. The Morgan fingerprint density at radius 1 is 1.44 bits per heavy atom. The summed E-state index contributed by atoms with van der Waals surface area (Å²) in [4.78, 5) is 0. The smallest absolute Gasteiger partial charge is 0.160 e. The van der Waals surface area contributed by atoms with Gasteiger partial charge in [-0.05, 0) is 23.6 Å². The van der Waals surface area contributed by atoms with E-state index in [1.807, 2.05) is 0 Å². The summed E-state index contributed by atoms with van der Waals surface area (Å²) in [6.07, 6.45) is 0. The van der Waals surface area contributed by atoms with Gasteiger partial charge in [0, 0.05) is 6.61 Å². The second kappa shape index (κ2) is 5.55. The SMILES string of the molecule is COc1cc(C(C(C)CO)S(=O)(=O)[O-])ccc1O. The lowest BCUT2D eigenvalue weighted by molar-refractivity contribution is 0.228. The van der Waals surface area contributed by atoms with Crippen LogP contribution in [0.3, 0.4) is 0 Å². The Hall–Kier alpha value is -1.31. The molecule has 18 heavy (non-hydrogen) atoms. The molecule has 1 rings (SSSR count). The molecule has 0 amide bonds. The van der Waals surface area contributed by atoms with Crippen molar-refractivity contribution in [2.75, 3.05) is 13.7 Å². The summed E-state index contributed by atoms with van der Waals surface area (Å²) < 4.78 is 38.6. The van der Waals surface area contributed by atoms with E-state index >= 15 is 0 Å². The number of phenols is 1. The number of benzene rings is 1. The summed E-state index contributed by atoms with van der Waals surface area (Å²) in [6, 6.07) is 3.85. The predicted molar refractivity (Wildman–Crippen MR) is 63.3 cm³/mol. The molecule has 0 aliphatic heterocycles. The molecule has 102 valence electrons. The van der Waals surface area contributed by atoms with Crippen LogP contribution in [-0.4, -0.2) is 36.9 Å². The Morgan fingerprint density at radius 2 is 2.06 bits per heavy atom. The van der Waals surface area contributed by atoms with E-state index in [-0.39, 0.29) is 17.1 Å². The second-order valence-corrected chi connectivity index (χ2v) is 5.50. The van der Waals surface area contributed by atoms with Gasteiger partial charge in [0.2, 0.25) is 0 Å². The maximum Gasteiger partial charge on any atom is 0.160 e. The predicted octanol–water partition coefficient (Wildman–Crippen LogP) is 0.615. The van der Waals surface area contributed by atoms with Gasteiger partial charge in [-0.25, -0.2) is 8.42 Å². The molecule has 0 radical (unpaired) electrons. The summed E-state index contributed by atoms with van der Waals surface area (Å²) >= 11 is 0.